The first-order valence-electron chi connectivity index (χ1n) is 6.77. The summed E-state index contributed by atoms with van der Waals surface area (Å²) in [6.07, 6.45) is 1.49. The first-order valence-corrected chi connectivity index (χ1v) is 7.14. The van der Waals surface area contributed by atoms with E-state index in [4.69, 9.17) is 16.3 Å². The number of likely N-dealkylation sites (tertiary alicyclic amines) is 1. The topological polar surface area (TPSA) is 32.7 Å². The molecular formula is C15H22ClNO2. The molecule has 0 radical (unpaired) electrons. The van der Waals surface area contributed by atoms with Gasteiger partial charge in [-0.15, -0.1) is 0 Å². The molecule has 1 aromatic rings. The summed E-state index contributed by atoms with van der Waals surface area (Å²) >= 11 is 6.03. The van der Waals surface area contributed by atoms with Crippen LogP contribution in [-0.2, 0) is 5.60 Å². The van der Waals surface area contributed by atoms with E-state index in [1.807, 2.05) is 12.1 Å². The van der Waals surface area contributed by atoms with Crippen molar-refractivity contribution in [3.8, 4) is 5.75 Å². The van der Waals surface area contributed by atoms with Gasteiger partial charge in [-0.2, -0.15) is 0 Å². The van der Waals surface area contributed by atoms with Gasteiger partial charge in [0.1, 0.15) is 5.75 Å². The Labute approximate surface area is 120 Å². The van der Waals surface area contributed by atoms with Crippen molar-refractivity contribution in [3.63, 3.8) is 0 Å². The fourth-order valence-corrected chi connectivity index (χ4v) is 2.84. The molecule has 0 bridgehead atoms. The van der Waals surface area contributed by atoms with Gasteiger partial charge in [0.25, 0.3) is 0 Å². The van der Waals surface area contributed by atoms with E-state index in [-0.39, 0.29) is 0 Å². The van der Waals surface area contributed by atoms with E-state index in [0.717, 1.165) is 31.5 Å². The molecule has 19 heavy (non-hydrogen) atoms. The smallest absolute Gasteiger partial charge is 0.137 e. The van der Waals surface area contributed by atoms with Crippen LogP contribution in [0.15, 0.2) is 18.2 Å². The Morgan fingerprint density at radius 2 is 1.95 bits per heavy atom. The van der Waals surface area contributed by atoms with Crippen molar-refractivity contribution >= 4 is 11.6 Å². The maximum absolute atomic E-state index is 10.8. The van der Waals surface area contributed by atoms with Gasteiger partial charge in [0.05, 0.1) is 17.7 Å². The number of nitrogens with zero attached hydrogens (tertiary/aromatic N) is 1. The molecular weight excluding hydrogens is 262 g/mol. The summed E-state index contributed by atoms with van der Waals surface area (Å²) in [6, 6.07) is 6.08. The highest BCUT2D eigenvalue weighted by molar-refractivity contribution is 6.32. The van der Waals surface area contributed by atoms with E-state index in [1.165, 1.54) is 0 Å². The van der Waals surface area contributed by atoms with Crippen molar-refractivity contribution in [1.29, 1.82) is 0 Å². The Hall–Kier alpha value is -0.770. The van der Waals surface area contributed by atoms with Crippen LogP contribution < -0.4 is 4.74 Å². The van der Waals surface area contributed by atoms with Gasteiger partial charge >= 0.3 is 0 Å². The van der Waals surface area contributed by atoms with Gasteiger partial charge in [-0.25, -0.2) is 0 Å². The number of hydrogen-bond acceptors (Lipinski definition) is 3. The third-order valence-electron chi connectivity index (χ3n) is 4.04. The molecule has 3 nitrogen and oxygen atoms in total. The molecule has 4 heteroatoms. The Morgan fingerprint density at radius 3 is 2.47 bits per heavy atom. The molecule has 1 aliphatic heterocycles. The van der Waals surface area contributed by atoms with Crippen molar-refractivity contribution < 1.29 is 9.84 Å². The molecule has 1 fully saturated rings. The van der Waals surface area contributed by atoms with Crippen LogP contribution in [0.4, 0.5) is 0 Å². The Bertz CT molecular complexity index is 440. The molecule has 2 rings (SSSR count). The first-order chi connectivity index (χ1) is 8.96. The summed E-state index contributed by atoms with van der Waals surface area (Å²) in [5.74, 6) is 0.624. The molecule has 0 aliphatic carbocycles. The minimum Gasteiger partial charge on any atom is -0.495 e. The number of halogens is 1. The van der Waals surface area contributed by atoms with Crippen LogP contribution in [0.1, 0.15) is 32.3 Å². The number of methoxy groups -OCH3 is 1. The second-order valence-corrected chi connectivity index (χ2v) is 5.92. The summed E-state index contributed by atoms with van der Waals surface area (Å²) in [4.78, 5) is 2.39. The van der Waals surface area contributed by atoms with Crippen molar-refractivity contribution in [1.82, 2.24) is 4.90 Å². The van der Waals surface area contributed by atoms with E-state index in [2.05, 4.69) is 18.7 Å². The number of ether oxygens (including phenoxy) is 1. The van der Waals surface area contributed by atoms with E-state index in [1.54, 1.807) is 13.2 Å². The molecule has 1 aromatic carbocycles. The van der Waals surface area contributed by atoms with Gasteiger partial charge < -0.3 is 14.7 Å². The van der Waals surface area contributed by atoms with Crippen LogP contribution in [0.5, 0.6) is 5.75 Å². The van der Waals surface area contributed by atoms with Crippen LogP contribution in [0.3, 0.4) is 0 Å². The lowest BCUT2D eigenvalue weighted by atomic mass is 9.84. The Morgan fingerprint density at radius 1 is 1.32 bits per heavy atom. The van der Waals surface area contributed by atoms with Crippen LogP contribution in [0.25, 0.3) is 0 Å². The van der Waals surface area contributed by atoms with Gasteiger partial charge in [-0.05, 0) is 44.4 Å². The number of aliphatic hydroxyl groups is 1. The summed E-state index contributed by atoms with van der Waals surface area (Å²) in [6.45, 7) is 6.21. The zero-order valence-electron chi connectivity index (χ0n) is 11.8. The van der Waals surface area contributed by atoms with E-state index in [9.17, 15) is 5.11 Å². The molecule has 1 aliphatic rings. The molecule has 1 saturated heterocycles. The van der Waals surface area contributed by atoms with Crippen molar-refractivity contribution in [2.45, 2.75) is 38.3 Å². The largest absolute Gasteiger partial charge is 0.495 e. The fourth-order valence-electron chi connectivity index (χ4n) is 2.65. The molecule has 106 valence electrons. The maximum Gasteiger partial charge on any atom is 0.137 e. The molecule has 0 unspecified atom stereocenters. The summed E-state index contributed by atoms with van der Waals surface area (Å²) in [5.41, 5.74) is 0.139. The standard InChI is InChI=1S/C15H22ClNO2/c1-11(2)17-8-6-15(18,7-9-17)12-4-5-13(16)14(10-12)19-3/h4-5,10-11,18H,6-9H2,1-3H3. The summed E-state index contributed by atoms with van der Waals surface area (Å²) in [5, 5.41) is 11.4. The van der Waals surface area contributed by atoms with E-state index < -0.39 is 5.60 Å². The van der Waals surface area contributed by atoms with Crippen molar-refractivity contribution in [2.75, 3.05) is 20.2 Å². The SMILES string of the molecule is COc1cc(C2(O)CCN(C(C)C)CC2)ccc1Cl. The average Bonchev–Trinajstić information content (AvgIpc) is 2.39. The van der Waals surface area contributed by atoms with Gasteiger partial charge in [0.2, 0.25) is 0 Å². The zero-order valence-corrected chi connectivity index (χ0v) is 12.6. The lowest BCUT2D eigenvalue weighted by Crippen LogP contribution is -2.45. The Kier molecular flexibility index (Phi) is 4.39. The maximum atomic E-state index is 10.8. The highest BCUT2D eigenvalue weighted by Crippen LogP contribution is 2.37. The minimum absolute atomic E-state index is 0.532. The summed E-state index contributed by atoms with van der Waals surface area (Å²) < 4.78 is 5.23. The molecule has 0 atom stereocenters. The Balaban J connectivity index is 2.17. The van der Waals surface area contributed by atoms with E-state index >= 15 is 0 Å². The van der Waals surface area contributed by atoms with Gasteiger partial charge in [-0.3, -0.25) is 0 Å². The molecule has 0 spiro atoms. The predicted octanol–water partition coefficient (Wildman–Crippen LogP) is 3.04. The van der Waals surface area contributed by atoms with Gasteiger partial charge in [0, 0.05) is 19.1 Å². The summed E-state index contributed by atoms with van der Waals surface area (Å²) in [7, 11) is 1.59. The number of piperidine rings is 1. The third kappa shape index (κ3) is 3.04. The molecule has 1 heterocycles. The number of hydrogen-bond donors (Lipinski definition) is 1. The van der Waals surface area contributed by atoms with Crippen molar-refractivity contribution in [2.24, 2.45) is 0 Å². The number of rotatable bonds is 3. The molecule has 0 amide bonds. The lowest BCUT2D eigenvalue weighted by molar-refractivity contribution is -0.0325. The first kappa shape index (κ1) is 14.6. The molecule has 0 aromatic heterocycles. The monoisotopic (exact) mass is 283 g/mol. The normalized spacial score (nSPS) is 19.7. The highest BCUT2D eigenvalue weighted by atomic mass is 35.5. The average molecular weight is 284 g/mol. The molecule has 0 saturated carbocycles. The van der Waals surface area contributed by atoms with E-state index in [0.29, 0.717) is 16.8 Å². The predicted molar refractivity (Wildman–Crippen MR) is 77.8 cm³/mol. The lowest BCUT2D eigenvalue weighted by Gasteiger charge is -2.40. The minimum atomic E-state index is -0.761. The third-order valence-corrected chi connectivity index (χ3v) is 4.36. The number of benzene rings is 1. The fraction of sp³-hybridized carbons (Fsp3) is 0.600. The second-order valence-electron chi connectivity index (χ2n) is 5.51. The van der Waals surface area contributed by atoms with Crippen LogP contribution in [-0.4, -0.2) is 36.2 Å². The highest BCUT2D eigenvalue weighted by Gasteiger charge is 2.35. The quantitative estimate of drug-likeness (QED) is 0.925. The van der Waals surface area contributed by atoms with Crippen molar-refractivity contribution in [3.05, 3.63) is 28.8 Å². The van der Waals surface area contributed by atoms with Crippen LogP contribution >= 0.6 is 11.6 Å². The van der Waals surface area contributed by atoms with Gasteiger partial charge in [0.15, 0.2) is 0 Å². The zero-order chi connectivity index (χ0) is 14.0. The van der Waals surface area contributed by atoms with Crippen LogP contribution in [0.2, 0.25) is 5.02 Å². The second kappa shape index (κ2) is 5.70. The van der Waals surface area contributed by atoms with Gasteiger partial charge in [-0.1, -0.05) is 17.7 Å². The molecule has 1 N–H and O–H groups in total. The van der Waals surface area contributed by atoms with Crippen LogP contribution in [0, 0.1) is 0 Å².